The summed E-state index contributed by atoms with van der Waals surface area (Å²) in [6.45, 7) is 1.97. The third kappa shape index (κ3) is 2.14. The molecule has 2 rings (SSSR count). The first-order chi connectivity index (χ1) is 7.56. The molecule has 0 radical (unpaired) electrons. The van der Waals surface area contributed by atoms with Crippen LogP contribution in [0.15, 0.2) is 18.3 Å². The first kappa shape index (κ1) is 10.9. The van der Waals surface area contributed by atoms with Gasteiger partial charge in [0.1, 0.15) is 0 Å². The molecule has 0 saturated carbocycles. The quantitative estimate of drug-likeness (QED) is 0.826. The summed E-state index contributed by atoms with van der Waals surface area (Å²) in [5.74, 6) is 0. The smallest absolute Gasteiger partial charge is 0.0643 e. The fourth-order valence-corrected chi connectivity index (χ4v) is 1.88. The van der Waals surface area contributed by atoms with E-state index in [1.807, 2.05) is 44.0 Å². The van der Waals surface area contributed by atoms with E-state index >= 15 is 0 Å². The molecule has 0 bridgehead atoms. The summed E-state index contributed by atoms with van der Waals surface area (Å²) in [7, 11) is 3.82. The van der Waals surface area contributed by atoms with Crippen molar-refractivity contribution < 1.29 is 0 Å². The van der Waals surface area contributed by atoms with E-state index in [-0.39, 0.29) is 6.04 Å². The van der Waals surface area contributed by atoms with Gasteiger partial charge in [-0.05, 0) is 19.1 Å². The standard InChI is InChI=1S/C11H17N5/c1-8-6-11(16(3)13-8)10(12)7-9-4-5-15(2)14-9/h4-6,10H,7,12H2,1-3H3. The Labute approximate surface area is 94.9 Å². The summed E-state index contributed by atoms with van der Waals surface area (Å²) in [5, 5.41) is 8.61. The van der Waals surface area contributed by atoms with E-state index in [4.69, 9.17) is 5.73 Å². The van der Waals surface area contributed by atoms with Gasteiger partial charge >= 0.3 is 0 Å². The van der Waals surface area contributed by atoms with Crippen molar-refractivity contribution in [1.29, 1.82) is 0 Å². The zero-order valence-corrected chi connectivity index (χ0v) is 9.88. The van der Waals surface area contributed by atoms with E-state index in [2.05, 4.69) is 10.2 Å². The Morgan fingerprint density at radius 2 is 2.12 bits per heavy atom. The van der Waals surface area contributed by atoms with Crippen molar-refractivity contribution in [2.45, 2.75) is 19.4 Å². The second-order valence-corrected chi connectivity index (χ2v) is 4.13. The van der Waals surface area contributed by atoms with Crippen molar-refractivity contribution in [3.63, 3.8) is 0 Å². The average molecular weight is 219 g/mol. The molecule has 0 aromatic carbocycles. The van der Waals surface area contributed by atoms with Crippen LogP contribution in [0.5, 0.6) is 0 Å². The molecule has 2 heterocycles. The Bertz CT molecular complexity index is 482. The molecule has 1 atom stereocenters. The Hall–Kier alpha value is -1.62. The maximum atomic E-state index is 6.14. The van der Waals surface area contributed by atoms with Crippen LogP contribution in [0.4, 0.5) is 0 Å². The van der Waals surface area contributed by atoms with Gasteiger partial charge in [-0.1, -0.05) is 0 Å². The van der Waals surface area contributed by atoms with Gasteiger partial charge in [-0.2, -0.15) is 10.2 Å². The summed E-state index contributed by atoms with van der Waals surface area (Å²) in [6.07, 6.45) is 2.66. The predicted molar refractivity (Wildman–Crippen MR) is 61.8 cm³/mol. The molecule has 5 nitrogen and oxygen atoms in total. The summed E-state index contributed by atoms with van der Waals surface area (Å²) < 4.78 is 3.62. The normalized spacial score (nSPS) is 13.0. The number of hydrogen-bond donors (Lipinski definition) is 1. The lowest BCUT2D eigenvalue weighted by Gasteiger charge is -2.09. The lowest BCUT2D eigenvalue weighted by molar-refractivity contribution is 0.603. The van der Waals surface area contributed by atoms with Crippen molar-refractivity contribution >= 4 is 0 Å². The molecule has 0 spiro atoms. The van der Waals surface area contributed by atoms with Gasteiger partial charge in [0.15, 0.2) is 0 Å². The number of aryl methyl sites for hydroxylation is 3. The molecule has 1 unspecified atom stereocenters. The van der Waals surface area contributed by atoms with Gasteiger partial charge < -0.3 is 5.73 Å². The molecular weight excluding hydrogens is 202 g/mol. The fraction of sp³-hybridized carbons (Fsp3) is 0.455. The molecule has 5 heteroatoms. The van der Waals surface area contributed by atoms with Crippen LogP contribution in [0.25, 0.3) is 0 Å². The summed E-state index contributed by atoms with van der Waals surface area (Å²) in [5.41, 5.74) is 9.19. The minimum absolute atomic E-state index is 0.0545. The van der Waals surface area contributed by atoms with Crippen LogP contribution >= 0.6 is 0 Å². The van der Waals surface area contributed by atoms with Crippen molar-refractivity contribution in [1.82, 2.24) is 19.6 Å². The number of nitrogens with two attached hydrogens (primary N) is 1. The molecule has 0 aliphatic carbocycles. The van der Waals surface area contributed by atoms with Crippen molar-refractivity contribution in [2.24, 2.45) is 19.8 Å². The molecule has 16 heavy (non-hydrogen) atoms. The van der Waals surface area contributed by atoms with E-state index in [1.54, 1.807) is 4.68 Å². The molecule has 0 aliphatic heterocycles. The van der Waals surface area contributed by atoms with Crippen molar-refractivity contribution in [3.05, 3.63) is 35.4 Å². The lowest BCUT2D eigenvalue weighted by Crippen LogP contribution is -2.17. The molecule has 0 aliphatic rings. The van der Waals surface area contributed by atoms with Crippen LogP contribution in [-0.2, 0) is 20.5 Å². The van der Waals surface area contributed by atoms with Gasteiger partial charge in [-0.3, -0.25) is 9.36 Å². The Kier molecular flexibility index (Phi) is 2.78. The molecule has 86 valence electrons. The highest BCUT2D eigenvalue weighted by Crippen LogP contribution is 2.15. The van der Waals surface area contributed by atoms with E-state index in [9.17, 15) is 0 Å². The molecule has 2 aromatic rings. The summed E-state index contributed by atoms with van der Waals surface area (Å²) in [6, 6.07) is 3.96. The van der Waals surface area contributed by atoms with Crippen LogP contribution in [0, 0.1) is 6.92 Å². The summed E-state index contributed by atoms with van der Waals surface area (Å²) in [4.78, 5) is 0. The van der Waals surface area contributed by atoms with Gasteiger partial charge in [-0.15, -0.1) is 0 Å². The monoisotopic (exact) mass is 219 g/mol. The first-order valence-corrected chi connectivity index (χ1v) is 5.31. The maximum absolute atomic E-state index is 6.14. The first-order valence-electron chi connectivity index (χ1n) is 5.31. The largest absolute Gasteiger partial charge is 0.322 e. The minimum Gasteiger partial charge on any atom is -0.322 e. The van der Waals surface area contributed by atoms with Crippen LogP contribution in [0.3, 0.4) is 0 Å². The minimum atomic E-state index is -0.0545. The lowest BCUT2D eigenvalue weighted by atomic mass is 10.1. The topological polar surface area (TPSA) is 61.7 Å². The highest BCUT2D eigenvalue weighted by atomic mass is 15.3. The van der Waals surface area contributed by atoms with E-state index in [1.165, 1.54) is 0 Å². The fourth-order valence-electron chi connectivity index (χ4n) is 1.88. The zero-order valence-electron chi connectivity index (χ0n) is 9.88. The third-order valence-electron chi connectivity index (χ3n) is 2.62. The molecule has 0 fully saturated rings. The average Bonchev–Trinajstić information content (AvgIpc) is 2.73. The maximum Gasteiger partial charge on any atom is 0.0643 e. The number of nitrogens with zero attached hydrogens (tertiary/aromatic N) is 4. The van der Waals surface area contributed by atoms with Crippen LogP contribution in [0.2, 0.25) is 0 Å². The second-order valence-electron chi connectivity index (χ2n) is 4.13. The van der Waals surface area contributed by atoms with E-state index < -0.39 is 0 Å². The molecule has 0 saturated heterocycles. The van der Waals surface area contributed by atoms with Crippen LogP contribution in [-0.4, -0.2) is 19.6 Å². The molecule has 0 amide bonds. The van der Waals surface area contributed by atoms with Gasteiger partial charge in [0, 0.05) is 26.7 Å². The highest BCUT2D eigenvalue weighted by molar-refractivity contribution is 5.15. The molecule has 2 aromatic heterocycles. The van der Waals surface area contributed by atoms with Gasteiger partial charge in [-0.25, -0.2) is 0 Å². The second kappa shape index (κ2) is 4.09. The summed E-state index contributed by atoms with van der Waals surface area (Å²) >= 11 is 0. The predicted octanol–water partition coefficient (Wildman–Crippen LogP) is 0.705. The van der Waals surface area contributed by atoms with Gasteiger partial charge in [0.25, 0.3) is 0 Å². The van der Waals surface area contributed by atoms with Crippen LogP contribution in [0.1, 0.15) is 23.1 Å². The number of hydrogen-bond acceptors (Lipinski definition) is 3. The third-order valence-corrected chi connectivity index (χ3v) is 2.62. The number of rotatable bonds is 3. The van der Waals surface area contributed by atoms with Gasteiger partial charge in [0.05, 0.1) is 23.1 Å². The Morgan fingerprint density at radius 3 is 2.62 bits per heavy atom. The SMILES string of the molecule is Cc1cc(C(N)Cc2ccn(C)n2)n(C)n1. The molecule has 2 N–H and O–H groups in total. The van der Waals surface area contributed by atoms with Crippen LogP contribution < -0.4 is 5.73 Å². The van der Waals surface area contributed by atoms with Crippen molar-refractivity contribution in [2.75, 3.05) is 0 Å². The number of aromatic nitrogens is 4. The van der Waals surface area contributed by atoms with E-state index in [0.29, 0.717) is 0 Å². The highest BCUT2D eigenvalue weighted by Gasteiger charge is 2.13. The molecular formula is C11H17N5. The van der Waals surface area contributed by atoms with Gasteiger partial charge in [0.2, 0.25) is 0 Å². The van der Waals surface area contributed by atoms with Crippen molar-refractivity contribution in [3.8, 4) is 0 Å². The Balaban J connectivity index is 2.14. The zero-order chi connectivity index (χ0) is 11.7. The Morgan fingerprint density at radius 1 is 1.38 bits per heavy atom. The van der Waals surface area contributed by atoms with E-state index in [0.717, 1.165) is 23.5 Å².